The Labute approximate surface area is 192 Å². The molecule has 0 amide bonds. The Bertz CT molecular complexity index is 806. The largest absolute Gasteiger partial charge is 0.393 e. The average molecular weight is 447 g/mol. The fourth-order valence-electron chi connectivity index (χ4n) is 9.87. The van der Waals surface area contributed by atoms with Gasteiger partial charge in [-0.25, -0.2) is 0 Å². The van der Waals surface area contributed by atoms with Gasteiger partial charge in [-0.15, -0.1) is 0 Å². The minimum absolute atomic E-state index is 0.146. The molecule has 0 aromatic carbocycles. The van der Waals surface area contributed by atoms with E-state index < -0.39 is 11.4 Å². The first-order chi connectivity index (χ1) is 15.2. The van der Waals surface area contributed by atoms with E-state index in [1.54, 1.807) is 0 Å². The fourth-order valence-corrected chi connectivity index (χ4v) is 9.87. The molecule has 5 nitrogen and oxygen atoms in total. The van der Waals surface area contributed by atoms with Gasteiger partial charge in [-0.05, 0) is 85.9 Å². The van der Waals surface area contributed by atoms with E-state index in [1.807, 2.05) is 0 Å². The van der Waals surface area contributed by atoms with Gasteiger partial charge >= 0.3 is 0 Å². The van der Waals surface area contributed by atoms with E-state index in [2.05, 4.69) is 26.8 Å². The molecule has 180 valence electrons. The molecule has 5 heteroatoms. The summed E-state index contributed by atoms with van der Waals surface area (Å²) >= 11 is 0. The third-order valence-corrected chi connectivity index (χ3v) is 11.6. The van der Waals surface area contributed by atoms with E-state index >= 15 is 0 Å². The highest BCUT2D eigenvalue weighted by Gasteiger charge is 2.70. The van der Waals surface area contributed by atoms with Gasteiger partial charge in [0.1, 0.15) is 5.60 Å². The summed E-state index contributed by atoms with van der Waals surface area (Å²) in [6, 6.07) is 0. The number of rotatable bonds is 2. The van der Waals surface area contributed by atoms with Crippen molar-refractivity contribution in [3.8, 4) is 0 Å². The van der Waals surface area contributed by atoms with Gasteiger partial charge in [-0.1, -0.05) is 32.4 Å². The second-order valence-electron chi connectivity index (χ2n) is 12.8. The molecule has 32 heavy (non-hydrogen) atoms. The molecular formula is C27H42O5. The molecule has 0 bridgehead atoms. The SMILES string of the molecule is C[C@@H]1[C@@H]2[C@H](C[C@H]3[C@@H]4CC=C5C[C@@H](O)CC[C@@]5(C)[C@H]4CC[C@@]23C)O[C@@]12CCC(CO)(CO)O2. The number of aliphatic hydroxyl groups excluding tert-OH is 3. The Hall–Kier alpha value is -0.460. The summed E-state index contributed by atoms with van der Waals surface area (Å²) in [5.41, 5.74) is 1.21. The highest BCUT2D eigenvalue weighted by atomic mass is 16.7. The predicted molar refractivity (Wildman–Crippen MR) is 121 cm³/mol. The van der Waals surface area contributed by atoms with Crippen LogP contribution in [0.2, 0.25) is 0 Å². The molecule has 10 atom stereocenters. The first-order valence-electron chi connectivity index (χ1n) is 13.2. The predicted octanol–water partition coefficient (Wildman–Crippen LogP) is 3.80. The van der Waals surface area contributed by atoms with Crippen molar-refractivity contribution < 1.29 is 24.8 Å². The minimum atomic E-state index is -0.852. The van der Waals surface area contributed by atoms with Crippen LogP contribution in [0.5, 0.6) is 0 Å². The highest BCUT2D eigenvalue weighted by Crippen LogP contribution is 2.71. The number of hydrogen-bond donors (Lipinski definition) is 3. The van der Waals surface area contributed by atoms with Crippen molar-refractivity contribution in [2.24, 2.45) is 40.4 Å². The van der Waals surface area contributed by atoms with Gasteiger partial charge < -0.3 is 24.8 Å². The summed E-state index contributed by atoms with van der Waals surface area (Å²) in [5, 5.41) is 30.0. The maximum Gasteiger partial charge on any atom is 0.172 e. The molecule has 4 aliphatic carbocycles. The lowest BCUT2D eigenvalue weighted by molar-refractivity contribution is -0.271. The first kappa shape index (κ1) is 22.0. The number of fused-ring (bicyclic) bond motifs is 7. The Kier molecular flexibility index (Phi) is 4.84. The molecular weight excluding hydrogens is 404 g/mol. The molecule has 2 aliphatic heterocycles. The number of hydrogen-bond acceptors (Lipinski definition) is 5. The summed E-state index contributed by atoms with van der Waals surface area (Å²) in [6.45, 7) is 7.02. The number of ether oxygens (including phenoxy) is 2. The van der Waals surface area contributed by atoms with Crippen molar-refractivity contribution >= 4 is 0 Å². The van der Waals surface area contributed by atoms with Crippen LogP contribution in [0.15, 0.2) is 11.6 Å². The molecule has 3 N–H and O–H groups in total. The van der Waals surface area contributed by atoms with Crippen LogP contribution in [0, 0.1) is 40.4 Å². The van der Waals surface area contributed by atoms with E-state index in [-0.39, 0.29) is 42.2 Å². The van der Waals surface area contributed by atoms with E-state index in [0.29, 0.717) is 24.2 Å². The minimum Gasteiger partial charge on any atom is -0.393 e. The molecule has 1 spiro atoms. The number of allylic oxidation sites excluding steroid dienone is 1. The molecule has 0 unspecified atom stereocenters. The van der Waals surface area contributed by atoms with Crippen molar-refractivity contribution in [2.45, 2.75) is 102 Å². The van der Waals surface area contributed by atoms with E-state index in [0.717, 1.165) is 44.4 Å². The normalized spacial score (nSPS) is 55.8. The lowest BCUT2D eigenvalue weighted by Gasteiger charge is -2.58. The number of aliphatic hydroxyl groups is 3. The summed E-state index contributed by atoms with van der Waals surface area (Å²) < 4.78 is 13.2. The molecule has 2 heterocycles. The molecule has 6 rings (SSSR count). The van der Waals surface area contributed by atoms with Gasteiger partial charge in [-0.2, -0.15) is 0 Å². The van der Waals surface area contributed by atoms with Gasteiger partial charge in [0, 0.05) is 12.3 Å². The van der Waals surface area contributed by atoms with Crippen LogP contribution in [0.1, 0.15) is 78.6 Å². The van der Waals surface area contributed by atoms with Crippen LogP contribution in [-0.4, -0.2) is 52.1 Å². The van der Waals surface area contributed by atoms with Crippen LogP contribution in [0.25, 0.3) is 0 Å². The fraction of sp³-hybridized carbons (Fsp3) is 0.926. The first-order valence-corrected chi connectivity index (χ1v) is 13.2. The van der Waals surface area contributed by atoms with Crippen LogP contribution in [0.4, 0.5) is 0 Å². The average Bonchev–Trinajstić information content (AvgIpc) is 3.39. The third kappa shape index (κ3) is 2.69. The zero-order valence-electron chi connectivity index (χ0n) is 20.1. The van der Waals surface area contributed by atoms with Crippen molar-refractivity contribution in [1.29, 1.82) is 0 Å². The second kappa shape index (κ2) is 7.04. The zero-order valence-corrected chi connectivity index (χ0v) is 20.1. The Morgan fingerprint density at radius 2 is 1.81 bits per heavy atom. The van der Waals surface area contributed by atoms with Crippen molar-refractivity contribution in [3.63, 3.8) is 0 Å². The van der Waals surface area contributed by atoms with Gasteiger partial charge in [0.15, 0.2) is 5.79 Å². The highest BCUT2D eigenvalue weighted by molar-refractivity contribution is 5.26. The van der Waals surface area contributed by atoms with E-state index in [9.17, 15) is 15.3 Å². The quantitative estimate of drug-likeness (QED) is 0.562. The van der Waals surface area contributed by atoms with E-state index in [4.69, 9.17) is 9.47 Å². The molecule has 0 aromatic rings. The summed E-state index contributed by atoms with van der Waals surface area (Å²) in [4.78, 5) is 0. The monoisotopic (exact) mass is 446 g/mol. The molecule has 0 radical (unpaired) electrons. The summed E-state index contributed by atoms with van der Waals surface area (Å²) in [6.07, 6.45) is 11.8. The van der Waals surface area contributed by atoms with Gasteiger partial charge in [0.25, 0.3) is 0 Å². The van der Waals surface area contributed by atoms with Crippen molar-refractivity contribution in [3.05, 3.63) is 11.6 Å². The van der Waals surface area contributed by atoms with Crippen LogP contribution in [-0.2, 0) is 9.47 Å². The summed E-state index contributed by atoms with van der Waals surface area (Å²) in [7, 11) is 0. The van der Waals surface area contributed by atoms with Gasteiger partial charge in [0.05, 0.1) is 25.4 Å². The lowest BCUT2D eigenvalue weighted by atomic mass is 9.47. The van der Waals surface area contributed by atoms with Gasteiger partial charge in [0.2, 0.25) is 0 Å². The van der Waals surface area contributed by atoms with Crippen LogP contribution in [0.3, 0.4) is 0 Å². The summed E-state index contributed by atoms with van der Waals surface area (Å²) in [5.74, 6) is 2.24. The smallest absolute Gasteiger partial charge is 0.172 e. The lowest BCUT2D eigenvalue weighted by Crippen LogP contribution is -2.52. The van der Waals surface area contributed by atoms with Crippen molar-refractivity contribution in [2.75, 3.05) is 13.2 Å². The van der Waals surface area contributed by atoms with E-state index in [1.165, 1.54) is 18.4 Å². The molecule has 2 saturated heterocycles. The Morgan fingerprint density at radius 1 is 1.03 bits per heavy atom. The molecule has 5 fully saturated rings. The molecule has 6 aliphatic rings. The van der Waals surface area contributed by atoms with Crippen LogP contribution < -0.4 is 0 Å². The second-order valence-corrected chi connectivity index (χ2v) is 12.8. The topological polar surface area (TPSA) is 79.2 Å². The van der Waals surface area contributed by atoms with Gasteiger partial charge in [-0.3, -0.25) is 0 Å². The molecule has 3 saturated carbocycles. The van der Waals surface area contributed by atoms with Crippen LogP contribution >= 0.6 is 0 Å². The standard InChI is InChI=1S/C27H42O5/c1-16-23-22(31-27(16)11-10-26(14-28,15-29)32-27)13-21-19-5-4-17-12-18(30)6-8-24(17,2)20(19)7-9-25(21,23)3/h4,16,18-23,28-30H,5-15H2,1-3H3/t16-,18+,19-,20+,21+,22+,23-,24-,25-,27-/m1/s1. The maximum atomic E-state index is 10.3. The molecule has 0 aromatic heterocycles. The zero-order chi connectivity index (χ0) is 22.5. The third-order valence-electron chi connectivity index (χ3n) is 11.6. The Morgan fingerprint density at radius 3 is 2.53 bits per heavy atom. The maximum absolute atomic E-state index is 10.3. The van der Waals surface area contributed by atoms with Crippen molar-refractivity contribution in [1.82, 2.24) is 0 Å². The Balaban J connectivity index is 1.28.